The third kappa shape index (κ3) is 5.88. The molecule has 0 heterocycles. The van der Waals surface area contributed by atoms with Gasteiger partial charge in [-0.15, -0.1) is 0 Å². The van der Waals surface area contributed by atoms with Crippen LogP contribution in [0.1, 0.15) is 16.7 Å². The van der Waals surface area contributed by atoms with Gasteiger partial charge in [0.15, 0.2) is 11.5 Å². The predicted molar refractivity (Wildman–Crippen MR) is 122 cm³/mol. The first-order valence-corrected chi connectivity index (χ1v) is 9.92. The van der Waals surface area contributed by atoms with Gasteiger partial charge in [-0.1, -0.05) is 59.6 Å². The van der Waals surface area contributed by atoms with Crippen molar-refractivity contribution in [2.24, 2.45) is 0 Å². The zero-order chi connectivity index (χ0) is 22.2. The number of benzene rings is 3. The molecule has 0 saturated carbocycles. The fraction of sp³-hybridized carbons (Fsp3) is 0.120. The van der Waals surface area contributed by atoms with E-state index in [1.54, 1.807) is 42.5 Å². The van der Waals surface area contributed by atoms with Gasteiger partial charge in [-0.3, -0.25) is 4.79 Å². The summed E-state index contributed by atoms with van der Waals surface area (Å²) in [4.78, 5) is 12.5. The van der Waals surface area contributed by atoms with Crippen LogP contribution < -0.4 is 14.8 Å². The number of anilines is 1. The molecule has 0 aromatic heterocycles. The molecule has 156 valence electrons. The summed E-state index contributed by atoms with van der Waals surface area (Å²) < 4.78 is 11.3. The Morgan fingerprint density at radius 3 is 2.61 bits per heavy atom. The van der Waals surface area contributed by atoms with Gasteiger partial charge in [0.25, 0.3) is 5.91 Å². The number of halogens is 1. The molecule has 0 atom stereocenters. The van der Waals surface area contributed by atoms with Crippen LogP contribution >= 0.6 is 11.6 Å². The van der Waals surface area contributed by atoms with Crippen molar-refractivity contribution in [1.29, 1.82) is 5.26 Å². The SMILES string of the molecule is COc1cc(/C=C(\C#N)C(=O)Nc2ccccc2Cl)ccc1OCc1cccc(C)c1. The molecular formula is C25H21ClN2O3. The minimum absolute atomic E-state index is 0.0598. The van der Waals surface area contributed by atoms with Crippen LogP contribution in [0.3, 0.4) is 0 Å². The highest BCUT2D eigenvalue weighted by Gasteiger charge is 2.12. The minimum atomic E-state index is -0.547. The van der Waals surface area contributed by atoms with Crippen LogP contribution in [-0.4, -0.2) is 13.0 Å². The van der Waals surface area contributed by atoms with E-state index in [4.69, 9.17) is 21.1 Å². The molecule has 1 amide bonds. The maximum Gasteiger partial charge on any atom is 0.266 e. The van der Waals surface area contributed by atoms with Gasteiger partial charge in [-0.2, -0.15) is 5.26 Å². The number of nitrogens with one attached hydrogen (secondary N) is 1. The fourth-order valence-corrected chi connectivity index (χ4v) is 3.11. The van der Waals surface area contributed by atoms with Gasteiger partial charge < -0.3 is 14.8 Å². The molecule has 0 aliphatic carbocycles. The number of carbonyl (C=O) groups is 1. The molecule has 3 aromatic rings. The molecule has 0 fully saturated rings. The zero-order valence-corrected chi connectivity index (χ0v) is 17.9. The van der Waals surface area contributed by atoms with Crippen molar-refractivity contribution < 1.29 is 14.3 Å². The van der Waals surface area contributed by atoms with Crippen LogP contribution in [0.5, 0.6) is 11.5 Å². The number of nitrogens with zero attached hydrogens (tertiary/aromatic N) is 1. The Bertz CT molecular complexity index is 1170. The topological polar surface area (TPSA) is 71.3 Å². The van der Waals surface area contributed by atoms with Gasteiger partial charge in [0, 0.05) is 0 Å². The Kier molecular flexibility index (Phi) is 7.31. The smallest absolute Gasteiger partial charge is 0.266 e. The van der Waals surface area contributed by atoms with Crippen LogP contribution in [0.4, 0.5) is 5.69 Å². The number of aryl methyl sites for hydroxylation is 1. The van der Waals surface area contributed by atoms with Crippen molar-refractivity contribution in [3.8, 4) is 17.6 Å². The molecular weight excluding hydrogens is 412 g/mol. The summed E-state index contributed by atoms with van der Waals surface area (Å²) in [6, 6.07) is 22.0. The molecule has 6 heteroatoms. The number of methoxy groups -OCH3 is 1. The number of para-hydroxylation sites is 1. The molecule has 31 heavy (non-hydrogen) atoms. The van der Waals surface area contributed by atoms with Crippen molar-refractivity contribution in [3.05, 3.63) is 94.0 Å². The second-order valence-electron chi connectivity index (χ2n) is 6.79. The van der Waals surface area contributed by atoms with Crippen molar-refractivity contribution in [3.63, 3.8) is 0 Å². The lowest BCUT2D eigenvalue weighted by molar-refractivity contribution is -0.112. The first-order valence-electron chi connectivity index (χ1n) is 9.54. The van der Waals surface area contributed by atoms with E-state index < -0.39 is 5.91 Å². The average molecular weight is 433 g/mol. The molecule has 0 spiro atoms. The second-order valence-corrected chi connectivity index (χ2v) is 7.20. The average Bonchev–Trinajstić information content (AvgIpc) is 2.77. The van der Waals surface area contributed by atoms with E-state index in [2.05, 4.69) is 11.4 Å². The van der Waals surface area contributed by atoms with Crippen molar-refractivity contribution in [2.45, 2.75) is 13.5 Å². The Balaban J connectivity index is 1.76. The van der Waals surface area contributed by atoms with Gasteiger partial charge in [0.05, 0.1) is 17.8 Å². The molecule has 0 aliphatic rings. The molecule has 1 N–H and O–H groups in total. The molecule has 0 radical (unpaired) electrons. The van der Waals surface area contributed by atoms with Crippen LogP contribution in [0.2, 0.25) is 5.02 Å². The van der Waals surface area contributed by atoms with E-state index in [1.807, 2.05) is 31.2 Å². The highest BCUT2D eigenvalue weighted by Crippen LogP contribution is 2.30. The Hall–Kier alpha value is -3.75. The number of carbonyl (C=O) groups excluding carboxylic acids is 1. The molecule has 0 saturated heterocycles. The normalized spacial score (nSPS) is 10.8. The minimum Gasteiger partial charge on any atom is -0.493 e. The summed E-state index contributed by atoms with van der Waals surface area (Å²) in [6.07, 6.45) is 1.49. The lowest BCUT2D eigenvalue weighted by atomic mass is 10.1. The Labute approximate surface area is 186 Å². The van der Waals surface area contributed by atoms with E-state index in [-0.39, 0.29) is 5.57 Å². The van der Waals surface area contributed by atoms with E-state index in [9.17, 15) is 10.1 Å². The van der Waals surface area contributed by atoms with Gasteiger partial charge in [-0.05, 0) is 48.4 Å². The Morgan fingerprint density at radius 1 is 1.10 bits per heavy atom. The molecule has 5 nitrogen and oxygen atoms in total. The number of rotatable bonds is 7. The zero-order valence-electron chi connectivity index (χ0n) is 17.2. The number of nitriles is 1. The highest BCUT2D eigenvalue weighted by molar-refractivity contribution is 6.34. The van der Waals surface area contributed by atoms with Gasteiger partial charge in [-0.25, -0.2) is 0 Å². The summed E-state index contributed by atoms with van der Waals surface area (Å²) in [6.45, 7) is 2.43. The molecule has 3 aromatic carbocycles. The second kappa shape index (κ2) is 10.3. The van der Waals surface area contributed by atoms with E-state index >= 15 is 0 Å². The summed E-state index contributed by atoms with van der Waals surface area (Å²) in [7, 11) is 1.54. The van der Waals surface area contributed by atoms with Gasteiger partial charge in [0.1, 0.15) is 18.2 Å². The molecule has 0 aliphatic heterocycles. The van der Waals surface area contributed by atoms with E-state index in [1.165, 1.54) is 13.2 Å². The quantitative estimate of drug-likeness (QED) is 0.379. The number of ether oxygens (including phenoxy) is 2. The van der Waals surface area contributed by atoms with Crippen molar-refractivity contribution in [1.82, 2.24) is 0 Å². The number of hydrogen-bond acceptors (Lipinski definition) is 4. The first kappa shape index (κ1) is 21.9. The maximum atomic E-state index is 12.5. The first-order chi connectivity index (χ1) is 15.0. The summed E-state index contributed by atoms with van der Waals surface area (Å²) in [5.41, 5.74) is 3.22. The fourth-order valence-electron chi connectivity index (χ4n) is 2.92. The summed E-state index contributed by atoms with van der Waals surface area (Å²) in [5.74, 6) is 0.528. The van der Waals surface area contributed by atoms with Crippen LogP contribution in [0, 0.1) is 18.3 Å². The Morgan fingerprint density at radius 2 is 1.90 bits per heavy atom. The highest BCUT2D eigenvalue weighted by atomic mass is 35.5. The molecule has 0 bridgehead atoms. The predicted octanol–water partition coefficient (Wildman–Crippen LogP) is 5.78. The lowest BCUT2D eigenvalue weighted by Gasteiger charge is -2.12. The third-order valence-electron chi connectivity index (χ3n) is 4.46. The van der Waals surface area contributed by atoms with E-state index in [0.717, 1.165) is 11.1 Å². The van der Waals surface area contributed by atoms with Crippen molar-refractivity contribution in [2.75, 3.05) is 12.4 Å². The largest absolute Gasteiger partial charge is 0.493 e. The van der Waals surface area contributed by atoms with Crippen LogP contribution in [-0.2, 0) is 11.4 Å². The monoisotopic (exact) mass is 432 g/mol. The standard InChI is InChI=1S/C25H21ClN2O3/c1-17-6-5-7-19(12-17)16-31-23-11-10-18(14-24(23)30-2)13-20(15-27)25(29)28-22-9-4-3-8-21(22)26/h3-14H,16H2,1-2H3,(H,28,29)/b20-13+. The van der Waals surface area contributed by atoms with E-state index in [0.29, 0.717) is 34.4 Å². The lowest BCUT2D eigenvalue weighted by Crippen LogP contribution is -2.13. The van der Waals surface area contributed by atoms with Crippen molar-refractivity contribution >= 4 is 29.3 Å². The molecule has 3 rings (SSSR count). The molecule has 0 unspecified atom stereocenters. The van der Waals surface area contributed by atoms with Crippen LogP contribution in [0.15, 0.2) is 72.3 Å². The third-order valence-corrected chi connectivity index (χ3v) is 4.79. The summed E-state index contributed by atoms with van der Waals surface area (Å²) in [5, 5.41) is 12.5. The number of hydrogen-bond donors (Lipinski definition) is 1. The summed E-state index contributed by atoms with van der Waals surface area (Å²) >= 11 is 6.07. The van der Waals surface area contributed by atoms with Crippen LogP contribution in [0.25, 0.3) is 6.08 Å². The van der Waals surface area contributed by atoms with Gasteiger partial charge in [0.2, 0.25) is 0 Å². The van der Waals surface area contributed by atoms with Gasteiger partial charge >= 0.3 is 0 Å². The maximum absolute atomic E-state index is 12.5. The number of amides is 1.